The molecule has 0 bridgehead atoms. The molecule has 0 aliphatic rings. The van der Waals surface area contributed by atoms with Crippen LogP contribution in [-0.2, 0) is 4.79 Å². The average molecular weight is 532 g/mol. The molecule has 0 aliphatic heterocycles. The first-order valence-corrected chi connectivity index (χ1v) is 10.4. The Morgan fingerprint density at radius 2 is 1.40 bits per heavy atom. The third kappa shape index (κ3) is 6.82. The summed E-state index contributed by atoms with van der Waals surface area (Å²) >= 11 is 6.65. The molecule has 3 aromatic carbocycles. The third-order valence-corrected chi connectivity index (χ3v) is 4.81. The zero-order chi connectivity index (χ0) is 21.3. The lowest BCUT2D eigenvalue weighted by atomic mass is 10.2. The minimum atomic E-state index is -0.443. The number of benzene rings is 3. The van der Waals surface area contributed by atoms with Gasteiger partial charge in [0.25, 0.3) is 5.91 Å². The minimum Gasteiger partial charge on any atom is -0.484 e. The van der Waals surface area contributed by atoms with Gasteiger partial charge in [-0.15, -0.1) is 0 Å². The molecule has 6 nitrogen and oxygen atoms in total. The van der Waals surface area contributed by atoms with E-state index in [0.29, 0.717) is 17.1 Å². The molecule has 0 atom stereocenters. The SMILES string of the molecule is O=C(COc1ccc(Br)cc1)NN=Cc1ccc(OC(=O)c2ccc(Br)cc2)cc1. The van der Waals surface area contributed by atoms with Crippen LogP contribution in [0.15, 0.2) is 86.8 Å². The van der Waals surface area contributed by atoms with E-state index in [1.807, 2.05) is 12.1 Å². The van der Waals surface area contributed by atoms with Crippen LogP contribution in [0.4, 0.5) is 0 Å². The van der Waals surface area contributed by atoms with Crippen molar-refractivity contribution in [2.45, 2.75) is 0 Å². The summed E-state index contributed by atoms with van der Waals surface area (Å²) in [7, 11) is 0. The van der Waals surface area contributed by atoms with E-state index in [2.05, 4.69) is 42.4 Å². The van der Waals surface area contributed by atoms with Crippen LogP contribution in [0.25, 0.3) is 0 Å². The molecule has 8 heteroatoms. The number of halogens is 2. The van der Waals surface area contributed by atoms with Gasteiger partial charge < -0.3 is 9.47 Å². The van der Waals surface area contributed by atoms with Gasteiger partial charge >= 0.3 is 5.97 Å². The maximum absolute atomic E-state index is 12.1. The van der Waals surface area contributed by atoms with Crippen molar-refractivity contribution >= 4 is 50.0 Å². The Morgan fingerprint density at radius 1 is 0.833 bits per heavy atom. The Morgan fingerprint density at radius 3 is 2.03 bits per heavy atom. The number of rotatable bonds is 7. The van der Waals surface area contributed by atoms with Crippen molar-refractivity contribution in [1.82, 2.24) is 5.43 Å². The number of esters is 1. The quantitative estimate of drug-likeness (QED) is 0.202. The predicted molar refractivity (Wildman–Crippen MR) is 121 cm³/mol. The number of hydrogen-bond acceptors (Lipinski definition) is 5. The summed E-state index contributed by atoms with van der Waals surface area (Å²) in [5.74, 6) is 0.175. The van der Waals surface area contributed by atoms with Crippen LogP contribution in [0.1, 0.15) is 15.9 Å². The van der Waals surface area contributed by atoms with Crippen molar-refractivity contribution in [3.05, 3.63) is 92.9 Å². The van der Waals surface area contributed by atoms with E-state index in [0.717, 1.165) is 14.5 Å². The normalized spacial score (nSPS) is 10.6. The number of amides is 1. The van der Waals surface area contributed by atoms with E-state index in [4.69, 9.17) is 9.47 Å². The van der Waals surface area contributed by atoms with Gasteiger partial charge in [0.15, 0.2) is 6.61 Å². The highest BCUT2D eigenvalue weighted by atomic mass is 79.9. The van der Waals surface area contributed by atoms with E-state index in [1.54, 1.807) is 60.7 Å². The first kappa shape index (κ1) is 21.7. The number of hydrazone groups is 1. The number of nitrogens with zero attached hydrogens (tertiary/aromatic N) is 1. The number of hydrogen-bond donors (Lipinski definition) is 1. The standard InChI is InChI=1S/C22H16Br2N2O4/c23-17-5-3-16(4-6-17)22(28)30-20-9-1-15(2-10-20)13-25-26-21(27)14-29-19-11-7-18(24)8-12-19/h1-13H,14H2,(H,26,27). The molecular weight excluding hydrogens is 516 g/mol. The third-order valence-electron chi connectivity index (χ3n) is 3.76. The molecule has 0 unspecified atom stereocenters. The molecule has 30 heavy (non-hydrogen) atoms. The number of nitrogens with one attached hydrogen (secondary N) is 1. The van der Waals surface area contributed by atoms with Crippen LogP contribution >= 0.6 is 31.9 Å². The lowest BCUT2D eigenvalue weighted by Gasteiger charge is -2.05. The van der Waals surface area contributed by atoms with Crippen molar-refractivity contribution in [1.29, 1.82) is 0 Å². The van der Waals surface area contributed by atoms with Gasteiger partial charge in [0, 0.05) is 8.95 Å². The van der Waals surface area contributed by atoms with E-state index in [9.17, 15) is 9.59 Å². The number of carbonyl (C=O) groups excluding carboxylic acids is 2. The van der Waals surface area contributed by atoms with Gasteiger partial charge in [-0.1, -0.05) is 31.9 Å². The van der Waals surface area contributed by atoms with Crippen LogP contribution < -0.4 is 14.9 Å². The molecule has 152 valence electrons. The highest BCUT2D eigenvalue weighted by Crippen LogP contribution is 2.17. The fraction of sp³-hybridized carbons (Fsp3) is 0.0455. The fourth-order valence-electron chi connectivity index (χ4n) is 2.26. The lowest BCUT2D eigenvalue weighted by molar-refractivity contribution is -0.123. The van der Waals surface area contributed by atoms with Gasteiger partial charge in [-0.2, -0.15) is 5.10 Å². The van der Waals surface area contributed by atoms with Crippen LogP contribution in [0.3, 0.4) is 0 Å². The molecule has 0 aromatic heterocycles. The fourth-order valence-corrected chi connectivity index (χ4v) is 2.79. The monoisotopic (exact) mass is 530 g/mol. The summed E-state index contributed by atoms with van der Waals surface area (Å²) in [5, 5.41) is 3.89. The first-order valence-electron chi connectivity index (χ1n) is 8.78. The smallest absolute Gasteiger partial charge is 0.343 e. The molecule has 0 radical (unpaired) electrons. The van der Waals surface area contributed by atoms with Gasteiger partial charge in [0.05, 0.1) is 11.8 Å². The lowest BCUT2D eigenvalue weighted by Crippen LogP contribution is -2.24. The van der Waals surface area contributed by atoms with Crippen LogP contribution in [-0.4, -0.2) is 24.7 Å². The number of carbonyl (C=O) groups is 2. The Balaban J connectivity index is 1.45. The van der Waals surface area contributed by atoms with E-state index >= 15 is 0 Å². The second kappa shape index (κ2) is 10.7. The highest BCUT2D eigenvalue weighted by Gasteiger charge is 2.08. The topological polar surface area (TPSA) is 77.0 Å². The van der Waals surface area contributed by atoms with E-state index < -0.39 is 5.97 Å². The number of ether oxygens (including phenoxy) is 2. The molecule has 1 amide bonds. The maximum atomic E-state index is 12.1. The Labute approximate surface area is 190 Å². The van der Waals surface area contributed by atoms with Gasteiger partial charge in [0.1, 0.15) is 11.5 Å². The molecule has 0 spiro atoms. The maximum Gasteiger partial charge on any atom is 0.343 e. The molecular formula is C22H16Br2N2O4. The molecule has 0 heterocycles. The Bertz CT molecular complexity index is 1030. The van der Waals surface area contributed by atoms with E-state index in [-0.39, 0.29) is 12.5 Å². The Hall–Kier alpha value is -2.97. The summed E-state index contributed by atoms with van der Waals surface area (Å²) in [4.78, 5) is 23.9. The average Bonchev–Trinajstić information content (AvgIpc) is 2.75. The summed E-state index contributed by atoms with van der Waals surface area (Å²) < 4.78 is 12.5. The molecule has 1 N–H and O–H groups in total. The highest BCUT2D eigenvalue weighted by molar-refractivity contribution is 9.10. The molecule has 3 aromatic rings. The Kier molecular flexibility index (Phi) is 7.75. The van der Waals surface area contributed by atoms with Crippen molar-refractivity contribution < 1.29 is 19.1 Å². The van der Waals surface area contributed by atoms with E-state index in [1.165, 1.54) is 6.21 Å². The summed E-state index contributed by atoms with van der Waals surface area (Å²) in [6.07, 6.45) is 1.48. The van der Waals surface area contributed by atoms with Gasteiger partial charge in [-0.25, -0.2) is 10.2 Å². The van der Waals surface area contributed by atoms with Gasteiger partial charge in [0.2, 0.25) is 0 Å². The molecule has 3 rings (SSSR count). The summed E-state index contributed by atoms with van der Waals surface area (Å²) in [6, 6.07) is 20.8. The summed E-state index contributed by atoms with van der Waals surface area (Å²) in [6.45, 7) is -0.149. The molecule has 0 saturated carbocycles. The molecule has 0 aliphatic carbocycles. The first-order chi connectivity index (χ1) is 14.5. The summed E-state index contributed by atoms with van der Waals surface area (Å²) in [5.41, 5.74) is 3.58. The second-order valence-electron chi connectivity index (χ2n) is 6.00. The zero-order valence-corrected chi connectivity index (χ0v) is 18.7. The molecule has 0 fully saturated rings. The predicted octanol–water partition coefficient (Wildman–Crippen LogP) is 4.96. The van der Waals surface area contributed by atoms with Crippen molar-refractivity contribution in [2.75, 3.05) is 6.61 Å². The zero-order valence-electron chi connectivity index (χ0n) is 15.5. The van der Waals surface area contributed by atoms with Gasteiger partial charge in [-0.05, 0) is 78.4 Å². The molecule has 0 saturated heterocycles. The van der Waals surface area contributed by atoms with Crippen molar-refractivity contribution in [3.8, 4) is 11.5 Å². The van der Waals surface area contributed by atoms with Gasteiger partial charge in [-0.3, -0.25) is 4.79 Å². The van der Waals surface area contributed by atoms with Crippen LogP contribution in [0.2, 0.25) is 0 Å². The van der Waals surface area contributed by atoms with Crippen LogP contribution in [0, 0.1) is 0 Å². The minimum absolute atomic E-state index is 0.149. The van der Waals surface area contributed by atoms with Crippen molar-refractivity contribution in [3.63, 3.8) is 0 Å². The van der Waals surface area contributed by atoms with Crippen LogP contribution in [0.5, 0.6) is 11.5 Å². The van der Waals surface area contributed by atoms with Crippen molar-refractivity contribution in [2.24, 2.45) is 5.10 Å². The second-order valence-corrected chi connectivity index (χ2v) is 7.83. The largest absolute Gasteiger partial charge is 0.484 e.